The highest BCUT2D eigenvalue weighted by atomic mass is 16.4. The fourth-order valence-electron chi connectivity index (χ4n) is 2.67. The number of nitrogens with zero attached hydrogens (tertiary/aromatic N) is 2. The summed E-state index contributed by atoms with van der Waals surface area (Å²) in [5, 5.41) is 11.7. The number of nitrogens with one attached hydrogen (secondary N) is 1. The van der Waals surface area contributed by atoms with Crippen LogP contribution in [0.5, 0.6) is 0 Å². The van der Waals surface area contributed by atoms with Gasteiger partial charge in [-0.2, -0.15) is 0 Å². The Balaban J connectivity index is 1.80. The van der Waals surface area contributed by atoms with Crippen LogP contribution in [-0.2, 0) is 14.4 Å². The van der Waals surface area contributed by atoms with Crippen molar-refractivity contribution >= 4 is 17.8 Å². The molecule has 0 radical (unpaired) electrons. The average molecular weight is 283 g/mol. The normalized spacial score (nSPS) is 22.2. The molecule has 0 saturated carbocycles. The number of amides is 2. The predicted octanol–water partition coefficient (Wildman–Crippen LogP) is -0.868. The number of carbonyl (C=O) groups is 3. The fraction of sp³-hybridized carbons (Fsp3) is 0.769. The second-order valence-electron chi connectivity index (χ2n) is 5.41. The van der Waals surface area contributed by atoms with Crippen LogP contribution in [0.15, 0.2) is 0 Å². The number of aliphatic carboxylic acids is 1. The Morgan fingerprint density at radius 3 is 2.60 bits per heavy atom. The van der Waals surface area contributed by atoms with Crippen molar-refractivity contribution in [2.24, 2.45) is 5.92 Å². The van der Waals surface area contributed by atoms with Gasteiger partial charge >= 0.3 is 5.97 Å². The van der Waals surface area contributed by atoms with Gasteiger partial charge in [-0.1, -0.05) is 0 Å². The van der Waals surface area contributed by atoms with Crippen LogP contribution in [0, 0.1) is 5.92 Å². The van der Waals surface area contributed by atoms with E-state index in [9.17, 15) is 14.4 Å². The molecule has 7 nitrogen and oxygen atoms in total. The molecule has 2 rings (SSSR count). The third kappa shape index (κ3) is 3.93. The summed E-state index contributed by atoms with van der Waals surface area (Å²) >= 11 is 0. The Morgan fingerprint density at radius 1 is 1.25 bits per heavy atom. The van der Waals surface area contributed by atoms with Gasteiger partial charge < -0.3 is 15.3 Å². The Hall–Kier alpha value is -1.63. The van der Waals surface area contributed by atoms with Crippen LogP contribution < -0.4 is 5.32 Å². The number of rotatable bonds is 3. The van der Waals surface area contributed by atoms with E-state index in [2.05, 4.69) is 5.32 Å². The molecule has 2 amide bonds. The first-order valence-electron chi connectivity index (χ1n) is 7.06. The molecule has 0 aromatic heterocycles. The smallest absolute Gasteiger partial charge is 0.306 e. The van der Waals surface area contributed by atoms with E-state index in [0.717, 1.165) is 13.0 Å². The lowest BCUT2D eigenvalue weighted by Gasteiger charge is -2.31. The van der Waals surface area contributed by atoms with Crippen LogP contribution in [0.25, 0.3) is 0 Å². The van der Waals surface area contributed by atoms with Crippen molar-refractivity contribution in [1.82, 2.24) is 15.1 Å². The summed E-state index contributed by atoms with van der Waals surface area (Å²) in [4.78, 5) is 38.0. The second kappa shape index (κ2) is 6.69. The van der Waals surface area contributed by atoms with Crippen LogP contribution in [-0.4, -0.2) is 72.0 Å². The van der Waals surface area contributed by atoms with Crippen LogP contribution in [0.3, 0.4) is 0 Å². The molecule has 20 heavy (non-hydrogen) atoms. The molecule has 2 saturated heterocycles. The van der Waals surface area contributed by atoms with E-state index in [1.807, 2.05) is 4.90 Å². The molecule has 0 atom stereocenters. The molecule has 0 aliphatic carbocycles. The number of carboxylic acids is 1. The van der Waals surface area contributed by atoms with Gasteiger partial charge in [-0.25, -0.2) is 0 Å². The minimum atomic E-state index is -0.777. The molecule has 112 valence electrons. The van der Waals surface area contributed by atoms with Gasteiger partial charge in [0.25, 0.3) is 0 Å². The van der Waals surface area contributed by atoms with E-state index in [-0.39, 0.29) is 30.8 Å². The van der Waals surface area contributed by atoms with Crippen molar-refractivity contribution in [3.8, 4) is 0 Å². The lowest BCUT2D eigenvalue weighted by molar-refractivity contribution is -0.146. The maximum absolute atomic E-state index is 12.2. The maximum Gasteiger partial charge on any atom is 0.306 e. The summed E-state index contributed by atoms with van der Waals surface area (Å²) in [6.07, 6.45) is 1.88. The Morgan fingerprint density at radius 2 is 1.95 bits per heavy atom. The quantitative estimate of drug-likeness (QED) is 0.703. The van der Waals surface area contributed by atoms with Crippen LogP contribution in [0.1, 0.15) is 19.3 Å². The Labute approximate surface area is 117 Å². The third-order valence-electron chi connectivity index (χ3n) is 3.90. The summed E-state index contributed by atoms with van der Waals surface area (Å²) in [5.74, 6) is -1.16. The molecule has 7 heteroatoms. The van der Waals surface area contributed by atoms with Crippen molar-refractivity contribution in [2.45, 2.75) is 19.3 Å². The van der Waals surface area contributed by atoms with Crippen molar-refractivity contribution in [1.29, 1.82) is 0 Å². The molecule has 0 aromatic carbocycles. The van der Waals surface area contributed by atoms with E-state index in [4.69, 9.17) is 5.11 Å². The summed E-state index contributed by atoms with van der Waals surface area (Å²) in [6, 6.07) is 0. The van der Waals surface area contributed by atoms with Crippen molar-refractivity contribution in [3.63, 3.8) is 0 Å². The number of hydrogen-bond donors (Lipinski definition) is 2. The van der Waals surface area contributed by atoms with Crippen molar-refractivity contribution < 1.29 is 19.5 Å². The van der Waals surface area contributed by atoms with Gasteiger partial charge in [-0.05, 0) is 19.3 Å². The van der Waals surface area contributed by atoms with Gasteiger partial charge in [0, 0.05) is 26.2 Å². The largest absolute Gasteiger partial charge is 0.481 e. The van der Waals surface area contributed by atoms with E-state index < -0.39 is 5.97 Å². The first kappa shape index (κ1) is 14.8. The van der Waals surface area contributed by atoms with E-state index >= 15 is 0 Å². The van der Waals surface area contributed by atoms with E-state index in [1.165, 1.54) is 0 Å². The van der Waals surface area contributed by atoms with Gasteiger partial charge in [0.05, 0.1) is 19.0 Å². The number of carboxylic acid groups (broad SMARTS) is 1. The highest BCUT2D eigenvalue weighted by Crippen LogP contribution is 2.17. The van der Waals surface area contributed by atoms with Gasteiger partial charge in [0.1, 0.15) is 0 Å². The van der Waals surface area contributed by atoms with E-state index in [1.54, 1.807) is 4.90 Å². The highest BCUT2D eigenvalue weighted by molar-refractivity contribution is 5.81. The summed E-state index contributed by atoms with van der Waals surface area (Å²) in [6.45, 7) is 2.89. The highest BCUT2D eigenvalue weighted by Gasteiger charge is 2.28. The predicted molar refractivity (Wildman–Crippen MR) is 71.0 cm³/mol. The summed E-state index contributed by atoms with van der Waals surface area (Å²) < 4.78 is 0. The van der Waals surface area contributed by atoms with Gasteiger partial charge in [0.15, 0.2) is 0 Å². The number of likely N-dealkylation sites (tertiary alicyclic amines) is 1. The molecule has 2 heterocycles. The van der Waals surface area contributed by atoms with Crippen LogP contribution in [0.4, 0.5) is 0 Å². The molecule has 2 fully saturated rings. The molecule has 2 N–H and O–H groups in total. The SMILES string of the molecule is O=C1CN(CC(=O)N2CCC(C(=O)O)CC2)CCCN1. The molecule has 0 aromatic rings. The monoisotopic (exact) mass is 283 g/mol. The van der Waals surface area contributed by atoms with Gasteiger partial charge in [-0.3, -0.25) is 19.3 Å². The molecular formula is C13H21N3O4. The first-order chi connectivity index (χ1) is 9.56. The fourth-order valence-corrected chi connectivity index (χ4v) is 2.67. The molecule has 2 aliphatic rings. The number of piperidine rings is 1. The summed E-state index contributed by atoms with van der Waals surface area (Å²) in [7, 11) is 0. The molecule has 0 bridgehead atoms. The minimum Gasteiger partial charge on any atom is -0.481 e. The van der Waals surface area contributed by atoms with Gasteiger partial charge in [-0.15, -0.1) is 0 Å². The molecule has 0 spiro atoms. The third-order valence-corrected chi connectivity index (χ3v) is 3.90. The topological polar surface area (TPSA) is 90.0 Å². The molecule has 2 aliphatic heterocycles. The second-order valence-corrected chi connectivity index (χ2v) is 5.41. The van der Waals surface area contributed by atoms with Crippen LogP contribution >= 0.6 is 0 Å². The lowest BCUT2D eigenvalue weighted by Crippen LogP contribution is -2.46. The standard InChI is InChI=1S/C13H21N3O4/c17-11-8-15(5-1-4-14-11)9-12(18)16-6-2-10(3-7-16)13(19)20/h10H,1-9H2,(H,14,17)(H,19,20). The zero-order valence-corrected chi connectivity index (χ0v) is 11.5. The zero-order chi connectivity index (χ0) is 14.5. The number of hydrogen-bond acceptors (Lipinski definition) is 4. The molecular weight excluding hydrogens is 262 g/mol. The van der Waals surface area contributed by atoms with Crippen molar-refractivity contribution in [3.05, 3.63) is 0 Å². The van der Waals surface area contributed by atoms with E-state index in [0.29, 0.717) is 32.5 Å². The summed E-state index contributed by atoms with van der Waals surface area (Å²) in [5.41, 5.74) is 0. The lowest BCUT2D eigenvalue weighted by atomic mass is 9.97. The Kier molecular flexibility index (Phi) is 4.94. The maximum atomic E-state index is 12.2. The first-order valence-corrected chi connectivity index (χ1v) is 7.06. The van der Waals surface area contributed by atoms with Crippen LogP contribution in [0.2, 0.25) is 0 Å². The zero-order valence-electron chi connectivity index (χ0n) is 11.5. The molecule has 0 unspecified atom stereocenters. The average Bonchev–Trinajstić information content (AvgIpc) is 2.63. The number of carbonyl (C=O) groups excluding carboxylic acids is 2. The Bertz CT molecular complexity index is 391. The van der Waals surface area contributed by atoms with Crippen molar-refractivity contribution in [2.75, 3.05) is 39.3 Å². The van der Waals surface area contributed by atoms with Gasteiger partial charge in [0.2, 0.25) is 11.8 Å². The minimum absolute atomic E-state index is 0.0106.